The highest BCUT2D eigenvalue weighted by Gasteiger charge is 2.22. The number of hydrogen-bond donors (Lipinski definition) is 4. The first-order chi connectivity index (χ1) is 8.97. The van der Waals surface area contributed by atoms with Crippen molar-refractivity contribution < 1.29 is 10.3 Å². The summed E-state index contributed by atoms with van der Waals surface area (Å²) in [4.78, 5) is 0. The molecule has 0 radical (unpaired) electrons. The number of nitrogens with zero attached hydrogens (tertiary/aromatic N) is 1. The third kappa shape index (κ3) is 8.06. The molecule has 0 saturated heterocycles. The SMILES string of the molecule is CCC(CCO)CNCCCCC(C)(C)C(N)=NO. The fourth-order valence-electron chi connectivity index (χ4n) is 2.02. The van der Waals surface area contributed by atoms with Gasteiger partial charge >= 0.3 is 0 Å². The summed E-state index contributed by atoms with van der Waals surface area (Å²) < 4.78 is 0. The Labute approximate surface area is 117 Å². The summed E-state index contributed by atoms with van der Waals surface area (Å²) in [6, 6.07) is 0. The molecule has 5 heteroatoms. The minimum absolute atomic E-state index is 0.238. The molecule has 0 saturated carbocycles. The molecule has 0 heterocycles. The monoisotopic (exact) mass is 273 g/mol. The predicted molar refractivity (Wildman–Crippen MR) is 79.4 cm³/mol. The van der Waals surface area contributed by atoms with E-state index < -0.39 is 0 Å². The average Bonchev–Trinajstić information content (AvgIpc) is 2.40. The molecule has 5 N–H and O–H groups in total. The molecular weight excluding hydrogens is 242 g/mol. The summed E-state index contributed by atoms with van der Waals surface area (Å²) in [7, 11) is 0. The zero-order valence-corrected chi connectivity index (χ0v) is 12.7. The standard InChI is InChI=1S/C14H31N3O2/c1-4-12(7-10-18)11-16-9-6-5-8-14(2,3)13(15)17-19/h12,16,18-19H,4-11H2,1-3H3,(H2,15,17). The van der Waals surface area contributed by atoms with Crippen LogP contribution in [-0.2, 0) is 0 Å². The zero-order valence-electron chi connectivity index (χ0n) is 12.7. The van der Waals surface area contributed by atoms with Crippen molar-refractivity contribution in [2.45, 2.75) is 52.9 Å². The van der Waals surface area contributed by atoms with Crippen LogP contribution in [0.3, 0.4) is 0 Å². The van der Waals surface area contributed by atoms with Gasteiger partial charge in [-0.2, -0.15) is 0 Å². The number of aliphatic hydroxyl groups excluding tert-OH is 1. The van der Waals surface area contributed by atoms with Crippen LogP contribution in [0.25, 0.3) is 0 Å². The third-order valence-corrected chi connectivity index (χ3v) is 3.75. The molecule has 0 aliphatic heterocycles. The molecule has 0 aliphatic rings. The molecule has 0 amide bonds. The fourth-order valence-corrected chi connectivity index (χ4v) is 2.02. The molecular formula is C14H31N3O2. The molecule has 5 nitrogen and oxygen atoms in total. The van der Waals surface area contributed by atoms with Gasteiger partial charge in [-0.25, -0.2) is 0 Å². The number of nitrogens with one attached hydrogen (secondary N) is 1. The van der Waals surface area contributed by atoms with Crippen LogP contribution < -0.4 is 11.1 Å². The molecule has 19 heavy (non-hydrogen) atoms. The molecule has 1 atom stereocenters. The lowest BCUT2D eigenvalue weighted by molar-refractivity contribution is 0.251. The Balaban J connectivity index is 3.65. The number of amidine groups is 1. The van der Waals surface area contributed by atoms with Crippen molar-refractivity contribution in [2.24, 2.45) is 22.2 Å². The summed E-state index contributed by atoms with van der Waals surface area (Å²) in [5.41, 5.74) is 5.40. The second-order valence-electron chi connectivity index (χ2n) is 5.82. The number of unbranched alkanes of at least 4 members (excludes halogenated alkanes) is 1. The highest BCUT2D eigenvalue weighted by Crippen LogP contribution is 2.23. The Morgan fingerprint density at radius 2 is 2.05 bits per heavy atom. The van der Waals surface area contributed by atoms with Crippen molar-refractivity contribution in [2.75, 3.05) is 19.7 Å². The van der Waals surface area contributed by atoms with Crippen molar-refractivity contribution in [3.05, 3.63) is 0 Å². The van der Waals surface area contributed by atoms with Crippen LogP contribution in [0.15, 0.2) is 5.16 Å². The van der Waals surface area contributed by atoms with Crippen LogP contribution in [0, 0.1) is 11.3 Å². The van der Waals surface area contributed by atoms with Gasteiger partial charge in [-0.3, -0.25) is 0 Å². The molecule has 0 fully saturated rings. The van der Waals surface area contributed by atoms with Crippen LogP contribution >= 0.6 is 0 Å². The quantitative estimate of drug-likeness (QED) is 0.152. The van der Waals surface area contributed by atoms with Gasteiger partial charge in [0.15, 0.2) is 0 Å². The average molecular weight is 273 g/mol. The van der Waals surface area contributed by atoms with Gasteiger partial charge in [-0.05, 0) is 38.3 Å². The van der Waals surface area contributed by atoms with E-state index in [4.69, 9.17) is 16.0 Å². The maximum atomic E-state index is 8.90. The Morgan fingerprint density at radius 1 is 1.37 bits per heavy atom. The van der Waals surface area contributed by atoms with E-state index in [0.717, 1.165) is 45.2 Å². The molecule has 114 valence electrons. The normalized spacial score (nSPS) is 14.6. The molecule has 0 rings (SSSR count). The first kappa shape index (κ1) is 18.2. The summed E-state index contributed by atoms with van der Waals surface area (Å²) in [6.45, 7) is 8.36. The largest absolute Gasteiger partial charge is 0.409 e. The molecule has 1 unspecified atom stereocenters. The van der Waals surface area contributed by atoms with Crippen molar-refractivity contribution in [3.8, 4) is 0 Å². The van der Waals surface area contributed by atoms with Crippen LogP contribution in [0.4, 0.5) is 0 Å². The summed E-state index contributed by atoms with van der Waals surface area (Å²) in [5, 5.41) is 24.1. The maximum absolute atomic E-state index is 8.90. The van der Waals surface area contributed by atoms with Crippen LogP contribution in [0.1, 0.15) is 52.9 Å². The highest BCUT2D eigenvalue weighted by atomic mass is 16.4. The van der Waals surface area contributed by atoms with Crippen LogP contribution in [0.5, 0.6) is 0 Å². The van der Waals surface area contributed by atoms with Crippen molar-refractivity contribution in [1.29, 1.82) is 0 Å². The topological polar surface area (TPSA) is 90.9 Å². The fraction of sp³-hybridized carbons (Fsp3) is 0.929. The van der Waals surface area contributed by atoms with E-state index in [9.17, 15) is 0 Å². The Hall–Kier alpha value is -0.810. The minimum Gasteiger partial charge on any atom is -0.409 e. The lowest BCUT2D eigenvalue weighted by Crippen LogP contribution is -2.32. The molecule has 0 bridgehead atoms. The second kappa shape index (κ2) is 10.0. The van der Waals surface area contributed by atoms with Gasteiger partial charge in [0.1, 0.15) is 5.84 Å². The van der Waals surface area contributed by atoms with E-state index in [0.29, 0.717) is 11.8 Å². The Bertz CT molecular complexity index is 255. The number of hydrogen-bond acceptors (Lipinski definition) is 4. The van der Waals surface area contributed by atoms with E-state index in [1.807, 2.05) is 13.8 Å². The number of aliphatic hydroxyl groups is 1. The van der Waals surface area contributed by atoms with Gasteiger partial charge in [0.05, 0.1) is 0 Å². The Morgan fingerprint density at radius 3 is 2.58 bits per heavy atom. The molecule has 0 aromatic carbocycles. The highest BCUT2D eigenvalue weighted by molar-refractivity contribution is 5.85. The Kier molecular flexibility index (Phi) is 9.61. The van der Waals surface area contributed by atoms with Crippen LogP contribution in [0.2, 0.25) is 0 Å². The number of rotatable bonds is 11. The van der Waals surface area contributed by atoms with Crippen molar-refractivity contribution in [1.82, 2.24) is 5.32 Å². The predicted octanol–water partition coefficient (Wildman–Crippen LogP) is 1.93. The lowest BCUT2D eigenvalue weighted by atomic mass is 9.86. The van der Waals surface area contributed by atoms with Gasteiger partial charge in [0.25, 0.3) is 0 Å². The minimum atomic E-state index is -0.238. The van der Waals surface area contributed by atoms with Gasteiger partial charge in [-0.15, -0.1) is 0 Å². The van der Waals surface area contributed by atoms with Gasteiger partial charge < -0.3 is 21.4 Å². The summed E-state index contributed by atoms with van der Waals surface area (Å²) in [6.07, 6.45) is 5.02. The van der Waals surface area contributed by atoms with E-state index in [1.54, 1.807) is 0 Å². The van der Waals surface area contributed by atoms with E-state index in [-0.39, 0.29) is 12.0 Å². The number of nitrogens with two attached hydrogens (primary N) is 1. The first-order valence-electron chi connectivity index (χ1n) is 7.27. The summed E-state index contributed by atoms with van der Waals surface area (Å²) in [5.74, 6) is 0.869. The molecule has 0 spiro atoms. The summed E-state index contributed by atoms with van der Waals surface area (Å²) >= 11 is 0. The first-order valence-corrected chi connectivity index (χ1v) is 7.27. The molecule has 0 aromatic heterocycles. The van der Waals surface area contributed by atoms with Crippen LogP contribution in [-0.4, -0.2) is 35.8 Å². The number of oxime groups is 1. The second-order valence-corrected chi connectivity index (χ2v) is 5.82. The van der Waals surface area contributed by atoms with Crippen molar-refractivity contribution >= 4 is 5.84 Å². The maximum Gasteiger partial charge on any atom is 0.144 e. The van der Waals surface area contributed by atoms with Gasteiger partial charge in [0, 0.05) is 12.0 Å². The third-order valence-electron chi connectivity index (χ3n) is 3.75. The van der Waals surface area contributed by atoms with E-state index in [2.05, 4.69) is 17.4 Å². The molecule has 0 aliphatic carbocycles. The zero-order chi connectivity index (χ0) is 14.7. The van der Waals surface area contributed by atoms with Crippen molar-refractivity contribution in [3.63, 3.8) is 0 Å². The van der Waals surface area contributed by atoms with Gasteiger partial charge in [0.2, 0.25) is 0 Å². The lowest BCUT2D eigenvalue weighted by Gasteiger charge is -2.22. The van der Waals surface area contributed by atoms with E-state index >= 15 is 0 Å². The molecule has 0 aromatic rings. The van der Waals surface area contributed by atoms with Gasteiger partial charge in [-0.1, -0.05) is 38.8 Å². The smallest absolute Gasteiger partial charge is 0.144 e. The van der Waals surface area contributed by atoms with E-state index in [1.165, 1.54) is 0 Å².